The van der Waals surface area contributed by atoms with Gasteiger partial charge in [0.15, 0.2) is 0 Å². The number of ether oxygens (including phenoxy) is 2. The van der Waals surface area contributed by atoms with Crippen LogP contribution in [-0.4, -0.2) is 38.1 Å². The van der Waals surface area contributed by atoms with Gasteiger partial charge in [-0.15, -0.1) is 0 Å². The van der Waals surface area contributed by atoms with Crippen molar-refractivity contribution in [2.24, 2.45) is 0 Å². The molecular weight excluding hydrogens is 330 g/mol. The maximum atomic E-state index is 12.9. The molecular formula is C21H21NO4. The number of carbonyl (C=O) groups excluding carboxylic acids is 1. The monoisotopic (exact) mass is 351 g/mol. The number of methoxy groups -OCH3 is 2. The molecule has 1 amide bonds. The van der Waals surface area contributed by atoms with Crippen molar-refractivity contribution in [1.29, 1.82) is 0 Å². The SMILES string of the molecule is COc1ccc(OC)c([C@H]2CCN(C(=O)c3ccc4occc4c3)C2)c1. The van der Waals surface area contributed by atoms with Crippen molar-refractivity contribution in [2.45, 2.75) is 12.3 Å². The van der Waals surface area contributed by atoms with Gasteiger partial charge in [0.1, 0.15) is 17.1 Å². The van der Waals surface area contributed by atoms with E-state index in [0.717, 1.165) is 41.0 Å². The van der Waals surface area contributed by atoms with Crippen LogP contribution in [-0.2, 0) is 0 Å². The average Bonchev–Trinajstić information content (AvgIpc) is 3.35. The molecule has 26 heavy (non-hydrogen) atoms. The highest BCUT2D eigenvalue weighted by atomic mass is 16.5. The maximum absolute atomic E-state index is 12.9. The minimum Gasteiger partial charge on any atom is -0.497 e. The lowest BCUT2D eigenvalue weighted by atomic mass is 9.97. The van der Waals surface area contributed by atoms with Gasteiger partial charge in [-0.05, 0) is 48.9 Å². The van der Waals surface area contributed by atoms with Crippen molar-refractivity contribution in [3.05, 3.63) is 59.9 Å². The van der Waals surface area contributed by atoms with Crippen LogP contribution in [0.4, 0.5) is 0 Å². The zero-order valence-corrected chi connectivity index (χ0v) is 14.9. The van der Waals surface area contributed by atoms with Crippen LogP contribution in [0.1, 0.15) is 28.3 Å². The summed E-state index contributed by atoms with van der Waals surface area (Å²) in [6.45, 7) is 1.40. The van der Waals surface area contributed by atoms with Crippen LogP contribution < -0.4 is 9.47 Å². The van der Waals surface area contributed by atoms with E-state index in [4.69, 9.17) is 13.9 Å². The van der Waals surface area contributed by atoms with Crippen LogP contribution in [0, 0.1) is 0 Å². The second-order valence-electron chi connectivity index (χ2n) is 6.52. The number of amides is 1. The predicted octanol–water partition coefficient (Wildman–Crippen LogP) is 4.08. The third-order valence-electron chi connectivity index (χ3n) is 5.05. The molecule has 0 saturated carbocycles. The summed E-state index contributed by atoms with van der Waals surface area (Å²) in [5.74, 6) is 1.93. The number of hydrogen-bond acceptors (Lipinski definition) is 4. The zero-order valence-electron chi connectivity index (χ0n) is 14.9. The largest absolute Gasteiger partial charge is 0.497 e. The lowest BCUT2D eigenvalue weighted by Crippen LogP contribution is -2.28. The molecule has 134 valence electrons. The molecule has 1 atom stereocenters. The summed E-state index contributed by atoms with van der Waals surface area (Å²) in [5.41, 5.74) is 2.58. The van der Waals surface area contributed by atoms with Crippen LogP contribution in [0.5, 0.6) is 11.5 Å². The fraction of sp³-hybridized carbons (Fsp3) is 0.286. The van der Waals surface area contributed by atoms with E-state index in [0.29, 0.717) is 12.1 Å². The van der Waals surface area contributed by atoms with Gasteiger partial charge in [-0.2, -0.15) is 0 Å². The Bertz CT molecular complexity index is 946. The summed E-state index contributed by atoms with van der Waals surface area (Å²) < 4.78 is 16.2. The predicted molar refractivity (Wildman–Crippen MR) is 99.0 cm³/mol. The second kappa shape index (κ2) is 6.75. The van der Waals surface area contributed by atoms with Gasteiger partial charge in [-0.1, -0.05) is 0 Å². The highest BCUT2D eigenvalue weighted by Crippen LogP contribution is 2.36. The molecule has 5 nitrogen and oxygen atoms in total. The van der Waals surface area contributed by atoms with E-state index in [1.165, 1.54) is 0 Å². The third-order valence-corrected chi connectivity index (χ3v) is 5.05. The molecule has 0 bridgehead atoms. The van der Waals surface area contributed by atoms with Crippen LogP contribution in [0.15, 0.2) is 53.1 Å². The highest BCUT2D eigenvalue weighted by Gasteiger charge is 2.30. The third kappa shape index (κ3) is 2.90. The van der Waals surface area contributed by atoms with Crippen LogP contribution >= 0.6 is 0 Å². The fourth-order valence-corrected chi connectivity index (χ4v) is 3.64. The quantitative estimate of drug-likeness (QED) is 0.711. The molecule has 1 saturated heterocycles. The first kappa shape index (κ1) is 16.5. The summed E-state index contributed by atoms with van der Waals surface area (Å²) in [4.78, 5) is 14.8. The van der Waals surface area contributed by atoms with Crippen molar-refractivity contribution >= 4 is 16.9 Å². The number of hydrogen-bond donors (Lipinski definition) is 0. The van der Waals surface area contributed by atoms with E-state index in [1.54, 1.807) is 20.5 Å². The number of fused-ring (bicyclic) bond motifs is 1. The Balaban J connectivity index is 1.55. The van der Waals surface area contributed by atoms with Gasteiger partial charge in [-0.25, -0.2) is 0 Å². The van der Waals surface area contributed by atoms with Gasteiger partial charge >= 0.3 is 0 Å². The minimum absolute atomic E-state index is 0.0532. The Labute approximate surface area is 152 Å². The Morgan fingerprint density at radius 2 is 2.00 bits per heavy atom. The van der Waals surface area contributed by atoms with Gasteiger partial charge in [0.05, 0.1) is 20.5 Å². The second-order valence-corrected chi connectivity index (χ2v) is 6.52. The molecule has 1 aliphatic heterocycles. The average molecular weight is 351 g/mol. The molecule has 3 aromatic rings. The smallest absolute Gasteiger partial charge is 0.253 e. The first-order valence-corrected chi connectivity index (χ1v) is 8.68. The molecule has 5 heteroatoms. The van der Waals surface area contributed by atoms with E-state index < -0.39 is 0 Å². The lowest BCUT2D eigenvalue weighted by Gasteiger charge is -2.18. The van der Waals surface area contributed by atoms with Gasteiger partial charge in [0.25, 0.3) is 5.91 Å². The van der Waals surface area contributed by atoms with Crippen molar-refractivity contribution in [3.63, 3.8) is 0 Å². The first-order chi connectivity index (χ1) is 12.7. The van der Waals surface area contributed by atoms with Crippen LogP contribution in [0.2, 0.25) is 0 Å². The zero-order chi connectivity index (χ0) is 18.1. The van der Waals surface area contributed by atoms with Crippen molar-refractivity contribution in [2.75, 3.05) is 27.3 Å². The van der Waals surface area contributed by atoms with Gasteiger partial charge < -0.3 is 18.8 Å². The van der Waals surface area contributed by atoms with Gasteiger partial charge in [-0.3, -0.25) is 4.79 Å². The van der Waals surface area contributed by atoms with E-state index in [2.05, 4.69) is 0 Å². The Morgan fingerprint density at radius 1 is 1.12 bits per heavy atom. The number of benzene rings is 2. The maximum Gasteiger partial charge on any atom is 0.253 e. The molecule has 0 unspecified atom stereocenters. The number of furan rings is 1. The molecule has 0 aliphatic carbocycles. The molecule has 0 radical (unpaired) electrons. The Hall–Kier alpha value is -2.95. The topological polar surface area (TPSA) is 51.9 Å². The molecule has 2 aromatic carbocycles. The van der Waals surface area contributed by atoms with Crippen LogP contribution in [0.3, 0.4) is 0 Å². The van der Waals surface area contributed by atoms with E-state index in [-0.39, 0.29) is 11.8 Å². The molecule has 1 fully saturated rings. The lowest BCUT2D eigenvalue weighted by molar-refractivity contribution is 0.0791. The highest BCUT2D eigenvalue weighted by molar-refractivity contribution is 5.98. The fourth-order valence-electron chi connectivity index (χ4n) is 3.64. The first-order valence-electron chi connectivity index (χ1n) is 8.68. The van der Waals surface area contributed by atoms with E-state index >= 15 is 0 Å². The van der Waals surface area contributed by atoms with Crippen molar-refractivity contribution in [3.8, 4) is 11.5 Å². The molecule has 1 aromatic heterocycles. The van der Waals surface area contributed by atoms with Crippen molar-refractivity contribution in [1.82, 2.24) is 4.90 Å². The van der Waals surface area contributed by atoms with Gasteiger partial charge in [0.2, 0.25) is 0 Å². The van der Waals surface area contributed by atoms with E-state index in [1.807, 2.05) is 47.4 Å². The van der Waals surface area contributed by atoms with E-state index in [9.17, 15) is 4.79 Å². The normalized spacial score (nSPS) is 16.8. The van der Waals surface area contributed by atoms with Crippen LogP contribution in [0.25, 0.3) is 11.0 Å². The number of rotatable bonds is 4. The molecule has 1 aliphatic rings. The number of nitrogens with zero attached hydrogens (tertiary/aromatic N) is 1. The summed E-state index contributed by atoms with van der Waals surface area (Å²) in [7, 11) is 3.32. The summed E-state index contributed by atoms with van der Waals surface area (Å²) >= 11 is 0. The standard InChI is InChI=1S/C21H21NO4/c1-24-17-4-6-20(25-2)18(12-17)16-7-9-22(13-16)21(23)15-3-5-19-14(11-15)8-10-26-19/h3-6,8,10-12,16H,7,9,13H2,1-2H3/t16-/m0/s1. The summed E-state index contributed by atoms with van der Waals surface area (Å²) in [6, 6.07) is 13.3. The molecule has 4 rings (SSSR count). The molecule has 0 spiro atoms. The Kier molecular flexibility index (Phi) is 4.29. The Morgan fingerprint density at radius 3 is 2.81 bits per heavy atom. The summed E-state index contributed by atoms with van der Waals surface area (Å²) in [6.07, 6.45) is 2.54. The number of carbonyl (C=O) groups is 1. The van der Waals surface area contributed by atoms with Gasteiger partial charge in [0, 0.05) is 35.5 Å². The summed E-state index contributed by atoms with van der Waals surface area (Å²) in [5, 5.41) is 0.945. The number of likely N-dealkylation sites (tertiary alicyclic amines) is 1. The molecule has 2 heterocycles. The minimum atomic E-state index is 0.0532. The van der Waals surface area contributed by atoms with Crippen molar-refractivity contribution < 1.29 is 18.7 Å². The molecule has 0 N–H and O–H groups in total.